The minimum Gasteiger partial charge on any atom is -0.394 e. The zero-order chi connectivity index (χ0) is 15.4. The number of aliphatic hydroxyl groups excluding tert-OH is 1. The van der Waals surface area contributed by atoms with Gasteiger partial charge in [0.2, 0.25) is 0 Å². The molecule has 21 heavy (non-hydrogen) atoms. The number of ether oxygens (including phenoxy) is 1. The van der Waals surface area contributed by atoms with Crippen LogP contribution >= 0.6 is 23.2 Å². The number of aliphatic hydroxyl groups is 1. The Bertz CT molecular complexity index is 488. The Morgan fingerprint density at radius 2 is 2.19 bits per heavy atom. The number of halogens is 2. The molecule has 0 aromatic carbocycles. The number of hydrogen-bond donors (Lipinski definition) is 2. The third-order valence-electron chi connectivity index (χ3n) is 3.28. The van der Waals surface area contributed by atoms with Crippen LogP contribution in [0.4, 0.5) is 11.6 Å². The summed E-state index contributed by atoms with van der Waals surface area (Å²) in [6.07, 6.45) is 0.766. The number of nitrogens with zero attached hydrogens (tertiary/aromatic N) is 2. The van der Waals surface area contributed by atoms with E-state index in [1.165, 1.54) is 0 Å². The van der Waals surface area contributed by atoms with Gasteiger partial charge in [0.25, 0.3) is 0 Å². The lowest BCUT2D eigenvalue weighted by atomic mass is 10.2. The van der Waals surface area contributed by atoms with Gasteiger partial charge in [0.15, 0.2) is 0 Å². The SMILES string of the molecule is CCCNc1nc(N2CC(C)OC(CO)C2)c(Cl)cc1Cl. The second-order valence-corrected chi connectivity index (χ2v) is 6.02. The van der Waals surface area contributed by atoms with E-state index >= 15 is 0 Å². The summed E-state index contributed by atoms with van der Waals surface area (Å²) in [6.45, 7) is 6.06. The summed E-state index contributed by atoms with van der Waals surface area (Å²) in [6, 6.07) is 1.71. The van der Waals surface area contributed by atoms with Crippen LogP contribution in [-0.4, -0.2) is 48.5 Å². The van der Waals surface area contributed by atoms with Gasteiger partial charge in [-0.05, 0) is 19.4 Å². The lowest BCUT2D eigenvalue weighted by Crippen LogP contribution is -2.48. The number of nitrogens with one attached hydrogen (secondary N) is 1. The van der Waals surface area contributed by atoms with E-state index in [0.717, 1.165) is 13.0 Å². The van der Waals surface area contributed by atoms with Crippen LogP contribution in [0.25, 0.3) is 0 Å². The molecule has 0 aliphatic carbocycles. The number of anilines is 2. The maximum Gasteiger partial charge on any atom is 0.150 e. The van der Waals surface area contributed by atoms with Crippen LogP contribution in [0, 0.1) is 0 Å². The van der Waals surface area contributed by atoms with Gasteiger partial charge in [0.05, 0.1) is 28.9 Å². The first-order valence-corrected chi connectivity index (χ1v) is 7.91. The fourth-order valence-corrected chi connectivity index (χ4v) is 2.91. The highest BCUT2D eigenvalue weighted by Crippen LogP contribution is 2.32. The first kappa shape index (κ1) is 16.6. The molecule has 1 aromatic heterocycles. The molecule has 2 atom stereocenters. The monoisotopic (exact) mass is 333 g/mol. The van der Waals surface area contributed by atoms with Crippen LogP contribution in [0.3, 0.4) is 0 Å². The third-order valence-corrected chi connectivity index (χ3v) is 3.85. The van der Waals surface area contributed by atoms with Crippen LogP contribution in [-0.2, 0) is 4.74 Å². The van der Waals surface area contributed by atoms with E-state index in [2.05, 4.69) is 17.2 Å². The van der Waals surface area contributed by atoms with E-state index in [1.54, 1.807) is 6.07 Å². The summed E-state index contributed by atoms with van der Waals surface area (Å²) >= 11 is 12.5. The van der Waals surface area contributed by atoms with Crippen LogP contribution in [0.5, 0.6) is 0 Å². The predicted octanol–water partition coefficient (Wildman–Crippen LogP) is 2.80. The molecule has 1 aromatic rings. The van der Waals surface area contributed by atoms with E-state index in [-0.39, 0.29) is 18.8 Å². The Balaban J connectivity index is 2.25. The van der Waals surface area contributed by atoms with Crippen LogP contribution in [0.1, 0.15) is 20.3 Å². The van der Waals surface area contributed by atoms with E-state index in [4.69, 9.17) is 27.9 Å². The van der Waals surface area contributed by atoms with Crippen molar-refractivity contribution in [1.29, 1.82) is 0 Å². The average Bonchev–Trinajstić information content (AvgIpc) is 2.45. The number of morpholine rings is 1. The molecular weight excluding hydrogens is 313 g/mol. The van der Waals surface area contributed by atoms with Gasteiger partial charge in [-0.15, -0.1) is 0 Å². The molecule has 2 N–H and O–H groups in total. The van der Waals surface area contributed by atoms with Gasteiger partial charge in [-0.1, -0.05) is 30.1 Å². The maximum absolute atomic E-state index is 9.32. The Hall–Kier alpha value is -0.750. The van der Waals surface area contributed by atoms with Gasteiger partial charge in [0, 0.05) is 19.6 Å². The molecule has 2 unspecified atom stereocenters. The smallest absolute Gasteiger partial charge is 0.150 e. The number of hydrogen-bond acceptors (Lipinski definition) is 5. The summed E-state index contributed by atoms with van der Waals surface area (Å²) in [5.74, 6) is 1.31. The fraction of sp³-hybridized carbons (Fsp3) is 0.643. The minimum atomic E-state index is -0.227. The molecular formula is C14H21Cl2N3O2. The van der Waals surface area contributed by atoms with E-state index in [9.17, 15) is 5.11 Å². The lowest BCUT2D eigenvalue weighted by molar-refractivity contribution is -0.0422. The fourth-order valence-electron chi connectivity index (χ4n) is 2.37. The van der Waals surface area contributed by atoms with Crippen molar-refractivity contribution in [1.82, 2.24) is 4.98 Å². The maximum atomic E-state index is 9.32. The summed E-state index contributed by atoms with van der Waals surface area (Å²) in [5, 5.41) is 13.5. The molecule has 0 radical (unpaired) electrons. The molecule has 2 heterocycles. The van der Waals surface area contributed by atoms with Gasteiger partial charge in [-0.3, -0.25) is 0 Å². The first-order chi connectivity index (χ1) is 10.0. The van der Waals surface area contributed by atoms with Crippen molar-refractivity contribution in [3.05, 3.63) is 16.1 Å². The molecule has 5 nitrogen and oxygen atoms in total. The van der Waals surface area contributed by atoms with Crippen LogP contribution < -0.4 is 10.2 Å². The largest absolute Gasteiger partial charge is 0.394 e. The predicted molar refractivity (Wildman–Crippen MR) is 86.7 cm³/mol. The van der Waals surface area contributed by atoms with Crippen molar-refractivity contribution in [3.63, 3.8) is 0 Å². The van der Waals surface area contributed by atoms with Crippen molar-refractivity contribution in [2.24, 2.45) is 0 Å². The highest BCUT2D eigenvalue weighted by molar-refractivity contribution is 6.37. The molecule has 0 bridgehead atoms. The molecule has 0 saturated carbocycles. The van der Waals surface area contributed by atoms with E-state index in [0.29, 0.717) is 34.8 Å². The Labute approximate surface area is 135 Å². The molecule has 1 fully saturated rings. The minimum absolute atomic E-state index is 0.0106. The molecule has 0 amide bonds. The van der Waals surface area contributed by atoms with Crippen molar-refractivity contribution in [2.45, 2.75) is 32.5 Å². The van der Waals surface area contributed by atoms with Crippen molar-refractivity contribution >= 4 is 34.8 Å². The molecule has 2 rings (SSSR count). The number of pyridine rings is 1. The topological polar surface area (TPSA) is 57.6 Å². The number of rotatable bonds is 5. The van der Waals surface area contributed by atoms with Gasteiger partial charge in [-0.25, -0.2) is 4.98 Å². The zero-order valence-corrected chi connectivity index (χ0v) is 13.8. The molecule has 0 spiro atoms. The van der Waals surface area contributed by atoms with E-state index < -0.39 is 0 Å². The van der Waals surface area contributed by atoms with Gasteiger partial charge >= 0.3 is 0 Å². The second kappa shape index (κ2) is 7.49. The molecule has 7 heteroatoms. The Morgan fingerprint density at radius 3 is 2.86 bits per heavy atom. The zero-order valence-electron chi connectivity index (χ0n) is 12.3. The summed E-state index contributed by atoms with van der Waals surface area (Å²) in [7, 11) is 0. The van der Waals surface area contributed by atoms with Crippen molar-refractivity contribution < 1.29 is 9.84 Å². The first-order valence-electron chi connectivity index (χ1n) is 7.16. The molecule has 118 valence electrons. The van der Waals surface area contributed by atoms with Gasteiger partial charge < -0.3 is 20.1 Å². The second-order valence-electron chi connectivity index (χ2n) is 5.21. The Kier molecular flexibility index (Phi) is 5.93. The van der Waals surface area contributed by atoms with Crippen LogP contribution in [0.15, 0.2) is 6.07 Å². The quantitative estimate of drug-likeness (QED) is 0.867. The average molecular weight is 334 g/mol. The van der Waals surface area contributed by atoms with E-state index in [1.807, 2.05) is 11.8 Å². The normalized spacial score (nSPS) is 22.4. The highest BCUT2D eigenvalue weighted by Gasteiger charge is 2.27. The van der Waals surface area contributed by atoms with Gasteiger partial charge in [0.1, 0.15) is 11.6 Å². The lowest BCUT2D eigenvalue weighted by Gasteiger charge is -2.37. The highest BCUT2D eigenvalue weighted by atomic mass is 35.5. The van der Waals surface area contributed by atoms with Crippen molar-refractivity contribution in [3.8, 4) is 0 Å². The Morgan fingerprint density at radius 1 is 1.43 bits per heavy atom. The molecule has 1 aliphatic rings. The molecule has 1 aliphatic heterocycles. The molecule has 1 saturated heterocycles. The summed E-state index contributed by atoms with van der Waals surface area (Å²) in [5.41, 5.74) is 0. The van der Waals surface area contributed by atoms with Crippen LogP contribution in [0.2, 0.25) is 10.0 Å². The summed E-state index contributed by atoms with van der Waals surface area (Å²) < 4.78 is 5.64. The van der Waals surface area contributed by atoms with Crippen molar-refractivity contribution in [2.75, 3.05) is 36.5 Å². The summed E-state index contributed by atoms with van der Waals surface area (Å²) in [4.78, 5) is 6.58. The standard InChI is InChI=1S/C14H21Cl2N3O2/c1-3-4-17-13-11(15)5-12(16)14(18-13)19-6-9(2)21-10(7-19)8-20/h5,9-10,20H,3-4,6-8H2,1-2H3,(H,17,18). The van der Waals surface area contributed by atoms with Gasteiger partial charge in [-0.2, -0.15) is 0 Å². The third kappa shape index (κ3) is 4.13. The number of aromatic nitrogens is 1.